The van der Waals surface area contributed by atoms with Gasteiger partial charge < -0.3 is 15.8 Å². The lowest BCUT2D eigenvalue weighted by molar-refractivity contribution is -0.137. The third kappa shape index (κ3) is 3.13. The molecule has 0 bridgehead atoms. The van der Waals surface area contributed by atoms with Gasteiger partial charge in [-0.3, -0.25) is 0 Å². The molecule has 2 aromatic rings. The molecule has 0 saturated carbocycles. The van der Waals surface area contributed by atoms with Crippen LogP contribution in [0, 0.1) is 0 Å². The number of nitrogens with zero attached hydrogens (tertiary/aromatic N) is 1. The monoisotopic (exact) mass is 303 g/mol. The quantitative estimate of drug-likeness (QED) is 0.909. The van der Waals surface area contributed by atoms with Gasteiger partial charge in [0.2, 0.25) is 0 Å². The van der Waals surface area contributed by atoms with Crippen molar-refractivity contribution in [2.45, 2.75) is 12.7 Å². The van der Waals surface area contributed by atoms with Crippen molar-refractivity contribution in [1.29, 1.82) is 0 Å². The molecule has 0 aliphatic carbocycles. The average molecular weight is 303 g/mol. The van der Waals surface area contributed by atoms with Crippen molar-refractivity contribution in [3.63, 3.8) is 0 Å². The van der Waals surface area contributed by atoms with Crippen molar-refractivity contribution in [2.24, 2.45) is 0 Å². The minimum Gasteiger partial charge on any atom is -0.490 e. The molecule has 0 saturated heterocycles. The van der Waals surface area contributed by atoms with E-state index in [1.807, 2.05) is 0 Å². The summed E-state index contributed by atoms with van der Waals surface area (Å²) < 4.78 is 46.7. The molecule has 1 heterocycles. The fourth-order valence-electron chi connectivity index (χ4n) is 1.64. The number of rotatable bonds is 4. The summed E-state index contributed by atoms with van der Waals surface area (Å²) in [5, 5.41) is 3.55. The van der Waals surface area contributed by atoms with E-state index in [4.69, 9.17) is 10.5 Å². The highest BCUT2D eigenvalue weighted by atomic mass is 32.1. The molecule has 1 aromatic carbocycles. The summed E-state index contributed by atoms with van der Waals surface area (Å²) in [5.74, 6) is 0.658. The highest BCUT2D eigenvalue weighted by Crippen LogP contribution is 2.35. The number of ether oxygens (including phenoxy) is 1. The number of anilines is 2. The van der Waals surface area contributed by atoms with Crippen LogP contribution in [-0.4, -0.2) is 11.5 Å². The summed E-state index contributed by atoms with van der Waals surface area (Å²) >= 11 is 1.10. The molecular weight excluding hydrogens is 291 g/mol. The molecule has 0 spiro atoms. The van der Waals surface area contributed by atoms with Gasteiger partial charge in [0.25, 0.3) is 0 Å². The number of aromatic nitrogens is 1. The van der Waals surface area contributed by atoms with Crippen molar-refractivity contribution < 1.29 is 17.9 Å². The van der Waals surface area contributed by atoms with Gasteiger partial charge in [0.05, 0.1) is 12.7 Å². The Kier molecular flexibility index (Phi) is 4.03. The van der Waals surface area contributed by atoms with Gasteiger partial charge in [0.15, 0.2) is 16.6 Å². The Labute approximate surface area is 117 Å². The molecule has 0 atom stereocenters. The first kappa shape index (κ1) is 14.4. The first-order valence-corrected chi connectivity index (χ1v) is 6.38. The van der Waals surface area contributed by atoms with Gasteiger partial charge in [-0.1, -0.05) is 12.1 Å². The van der Waals surface area contributed by atoms with Gasteiger partial charge in [0.1, 0.15) is 0 Å². The van der Waals surface area contributed by atoms with Crippen LogP contribution < -0.4 is 15.8 Å². The first-order chi connectivity index (χ1) is 9.41. The third-order valence-corrected chi connectivity index (χ3v) is 3.39. The maximum Gasteiger partial charge on any atom is 0.416 e. The lowest BCUT2D eigenvalue weighted by atomic mass is 10.1. The Bertz CT molecular complexity index is 598. The molecular formula is C12H12F3N3OS. The Morgan fingerprint density at radius 1 is 1.40 bits per heavy atom. The van der Waals surface area contributed by atoms with Crippen LogP contribution in [0.4, 0.5) is 24.0 Å². The zero-order chi connectivity index (χ0) is 14.8. The molecule has 0 radical (unpaired) electrons. The molecule has 0 amide bonds. The zero-order valence-corrected chi connectivity index (χ0v) is 11.3. The second kappa shape index (κ2) is 5.58. The molecule has 8 heteroatoms. The van der Waals surface area contributed by atoms with Crippen molar-refractivity contribution >= 4 is 22.4 Å². The molecule has 20 heavy (non-hydrogen) atoms. The molecule has 0 unspecified atom stereocenters. The number of nitrogens with one attached hydrogen (secondary N) is 1. The Balaban J connectivity index is 2.11. The first-order valence-electron chi connectivity index (χ1n) is 5.61. The largest absolute Gasteiger partial charge is 0.490 e. The number of nitrogens with two attached hydrogens (primary N) is 1. The summed E-state index contributed by atoms with van der Waals surface area (Å²) in [6, 6.07) is 5.12. The smallest absolute Gasteiger partial charge is 0.416 e. The zero-order valence-electron chi connectivity index (χ0n) is 10.5. The highest BCUT2D eigenvalue weighted by Gasteiger charge is 2.30. The van der Waals surface area contributed by atoms with E-state index in [9.17, 15) is 13.2 Å². The van der Waals surface area contributed by atoms with Crippen molar-refractivity contribution in [1.82, 2.24) is 4.37 Å². The number of hydrogen-bond donors (Lipinski definition) is 2. The van der Waals surface area contributed by atoms with E-state index in [1.54, 1.807) is 6.07 Å². The van der Waals surface area contributed by atoms with Gasteiger partial charge in [-0.2, -0.15) is 17.5 Å². The molecule has 1 aromatic heterocycles. The topological polar surface area (TPSA) is 60.2 Å². The second-order valence-corrected chi connectivity index (χ2v) is 4.76. The summed E-state index contributed by atoms with van der Waals surface area (Å²) in [6.07, 6.45) is -4.34. The lowest BCUT2D eigenvalue weighted by Crippen LogP contribution is -2.06. The van der Waals surface area contributed by atoms with Crippen LogP contribution in [0.1, 0.15) is 11.1 Å². The Morgan fingerprint density at radius 3 is 2.80 bits per heavy atom. The van der Waals surface area contributed by atoms with Crippen LogP contribution >= 0.6 is 11.5 Å². The van der Waals surface area contributed by atoms with Crippen LogP contribution in [0.2, 0.25) is 0 Å². The second-order valence-electron chi connectivity index (χ2n) is 3.98. The SMILES string of the molecule is COc1c(N)nsc1NCc1cccc(C(F)(F)F)c1. The molecule has 2 rings (SSSR count). The molecule has 4 nitrogen and oxygen atoms in total. The highest BCUT2D eigenvalue weighted by molar-refractivity contribution is 7.11. The molecule has 108 valence electrons. The van der Waals surface area contributed by atoms with Gasteiger partial charge >= 0.3 is 6.18 Å². The predicted molar refractivity (Wildman–Crippen MR) is 71.8 cm³/mol. The molecule has 0 aliphatic rings. The van der Waals surface area contributed by atoms with Crippen LogP contribution in [0.3, 0.4) is 0 Å². The maximum absolute atomic E-state index is 12.6. The van der Waals surface area contributed by atoms with Gasteiger partial charge in [-0.15, -0.1) is 0 Å². The van der Waals surface area contributed by atoms with Gasteiger partial charge in [-0.05, 0) is 29.2 Å². The predicted octanol–water partition coefficient (Wildman–Crippen LogP) is 3.36. The number of methoxy groups -OCH3 is 1. The van der Waals surface area contributed by atoms with E-state index < -0.39 is 11.7 Å². The van der Waals surface area contributed by atoms with E-state index in [-0.39, 0.29) is 12.4 Å². The van der Waals surface area contributed by atoms with Crippen LogP contribution in [0.5, 0.6) is 5.75 Å². The Morgan fingerprint density at radius 2 is 2.15 bits per heavy atom. The van der Waals surface area contributed by atoms with E-state index in [0.717, 1.165) is 23.7 Å². The molecule has 3 N–H and O–H groups in total. The van der Waals surface area contributed by atoms with Crippen LogP contribution in [0.25, 0.3) is 0 Å². The minimum absolute atomic E-state index is 0.224. The minimum atomic E-state index is -4.34. The van der Waals surface area contributed by atoms with E-state index in [0.29, 0.717) is 16.3 Å². The third-order valence-electron chi connectivity index (χ3n) is 2.59. The number of hydrogen-bond acceptors (Lipinski definition) is 5. The standard InChI is InChI=1S/C12H12F3N3OS/c1-19-9-10(16)18-20-11(9)17-6-7-3-2-4-8(5-7)12(13,14)15/h2-5,17H,6H2,1H3,(H2,16,18). The van der Waals surface area contributed by atoms with Crippen LogP contribution in [-0.2, 0) is 12.7 Å². The summed E-state index contributed by atoms with van der Waals surface area (Å²) in [5.41, 5.74) is 5.42. The van der Waals surface area contributed by atoms with E-state index in [1.165, 1.54) is 13.2 Å². The fraction of sp³-hybridized carbons (Fsp3) is 0.250. The number of halogens is 3. The number of alkyl halides is 3. The lowest BCUT2D eigenvalue weighted by Gasteiger charge is -2.10. The Hall–Kier alpha value is -1.96. The number of benzene rings is 1. The maximum atomic E-state index is 12.6. The molecule has 0 aliphatic heterocycles. The van der Waals surface area contributed by atoms with Crippen molar-refractivity contribution in [3.8, 4) is 5.75 Å². The fourth-order valence-corrected chi connectivity index (χ4v) is 2.32. The average Bonchev–Trinajstić information content (AvgIpc) is 2.76. The molecule has 0 fully saturated rings. The van der Waals surface area contributed by atoms with E-state index >= 15 is 0 Å². The summed E-state index contributed by atoms with van der Waals surface area (Å²) in [6.45, 7) is 0.224. The number of nitrogen functional groups attached to an aromatic ring is 1. The van der Waals surface area contributed by atoms with Crippen molar-refractivity contribution in [2.75, 3.05) is 18.2 Å². The van der Waals surface area contributed by atoms with Gasteiger partial charge in [0, 0.05) is 6.54 Å². The summed E-state index contributed by atoms with van der Waals surface area (Å²) in [7, 11) is 1.45. The van der Waals surface area contributed by atoms with Crippen molar-refractivity contribution in [3.05, 3.63) is 35.4 Å². The van der Waals surface area contributed by atoms with Gasteiger partial charge in [-0.25, -0.2) is 0 Å². The summed E-state index contributed by atoms with van der Waals surface area (Å²) in [4.78, 5) is 0. The van der Waals surface area contributed by atoms with E-state index in [2.05, 4.69) is 9.69 Å². The normalized spacial score (nSPS) is 11.4. The van der Waals surface area contributed by atoms with Crippen LogP contribution in [0.15, 0.2) is 24.3 Å².